The number of fused-ring (bicyclic) bond motifs is 1. The molecule has 17 heavy (non-hydrogen) atoms. The molecule has 0 radical (unpaired) electrons. The van der Waals surface area contributed by atoms with E-state index in [0.717, 1.165) is 38.1 Å². The summed E-state index contributed by atoms with van der Waals surface area (Å²) in [6.45, 7) is 4.24. The van der Waals surface area contributed by atoms with Gasteiger partial charge in [0, 0.05) is 19.6 Å². The summed E-state index contributed by atoms with van der Waals surface area (Å²) in [5.74, 6) is 1.04. The summed E-state index contributed by atoms with van der Waals surface area (Å²) in [5, 5.41) is 12.0. The molecule has 1 aromatic carbocycles. The minimum atomic E-state index is 0.265. The normalized spacial score (nSPS) is 17.9. The van der Waals surface area contributed by atoms with Crippen LogP contribution in [-0.2, 0) is 6.42 Å². The van der Waals surface area contributed by atoms with Crippen LogP contribution in [0.3, 0.4) is 0 Å². The molecule has 2 N–H and O–H groups in total. The van der Waals surface area contributed by atoms with Gasteiger partial charge in [-0.25, -0.2) is 0 Å². The van der Waals surface area contributed by atoms with Gasteiger partial charge in [0.05, 0.1) is 0 Å². The van der Waals surface area contributed by atoms with Gasteiger partial charge in [-0.2, -0.15) is 0 Å². The van der Waals surface area contributed by atoms with E-state index in [-0.39, 0.29) is 12.7 Å². The fourth-order valence-electron chi connectivity index (χ4n) is 2.19. The maximum Gasteiger partial charge on any atom is 0.123 e. The lowest BCUT2D eigenvalue weighted by atomic mass is 10.1. The Morgan fingerprint density at radius 2 is 2.29 bits per heavy atom. The molecule has 94 valence electrons. The zero-order chi connectivity index (χ0) is 12.1. The Kier molecular flexibility index (Phi) is 4.40. The van der Waals surface area contributed by atoms with Gasteiger partial charge in [-0.1, -0.05) is 17.7 Å². The maximum atomic E-state index is 8.67. The monoisotopic (exact) mass is 235 g/mol. The van der Waals surface area contributed by atoms with Crippen molar-refractivity contribution in [1.82, 2.24) is 5.32 Å². The molecule has 0 aromatic heterocycles. The highest BCUT2D eigenvalue weighted by Gasteiger charge is 2.21. The van der Waals surface area contributed by atoms with Crippen molar-refractivity contribution in [2.45, 2.75) is 32.3 Å². The molecule has 0 saturated carbocycles. The first kappa shape index (κ1) is 12.4. The number of benzene rings is 1. The molecule has 0 aliphatic carbocycles. The molecule has 0 bridgehead atoms. The predicted molar refractivity (Wildman–Crippen MR) is 68.5 cm³/mol. The van der Waals surface area contributed by atoms with Gasteiger partial charge in [-0.05, 0) is 37.9 Å². The van der Waals surface area contributed by atoms with Crippen LogP contribution in [0.2, 0.25) is 0 Å². The topological polar surface area (TPSA) is 41.5 Å². The zero-order valence-corrected chi connectivity index (χ0v) is 10.4. The van der Waals surface area contributed by atoms with Crippen molar-refractivity contribution in [2.24, 2.45) is 0 Å². The van der Waals surface area contributed by atoms with E-state index in [0.29, 0.717) is 0 Å². The third kappa shape index (κ3) is 3.45. The first-order chi connectivity index (χ1) is 8.29. The van der Waals surface area contributed by atoms with Crippen LogP contribution < -0.4 is 10.1 Å². The maximum absolute atomic E-state index is 8.67. The number of hydrogen-bond acceptors (Lipinski definition) is 3. The van der Waals surface area contributed by atoms with E-state index in [4.69, 9.17) is 9.84 Å². The predicted octanol–water partition coefficient (Wildman–Crippen LogP) is 1.66. The lowest BCUT2D eigenvalue weighted by molar-refractivity contribution is 0.226. The van der Waals surface area contributed by atoms with Crippen LogP contribution in [-0.4, -0.2) is 30.9 Å². The number of unbranched alkanes of at least 4 members (excludes halogenated alkanes) is 1. The molecule has 0 fully saturated rings. The van der Waals surface area contributed by atoms with E-state index in [1.807, 2.05) is 0 Å². The lowest BCUT2D eigenvalue weighted by Crippen LogP contribution is -2.30. The van der Waals surface area contributed by atoms with Crippen LogP contribution in [0.25, 0.3) is 0 Å². The van der Waals surface area contributed by atoms with E-state index in [1.54, 1.807) is 0 Å². The van der Waals surface area contributed by atoms with Gasteiger partial charge in [-0.15, -0.1) is 0 Å². The fourth-order valence-corrected chi connectivity index (χ4v) is 2.19. The third-order valence-electron chi connectivity index (χ3n) is 3.09. The summed E-state index contributed by atoms with van der Waals surface area (Å²) in [5.41, 5.74) is 2.62. The summed E-state index contributed by atoms with van der Waals surface area (Å²) >= 11 is 0. The first-order valence-electron chi connectivity index (χ1n) is 6.37. The number of aryl methyl sites for hydroxylation is 1. The highest BCUT2D eigenvalue weighted by molar-refractivity contribution is 5.40. The average molecular weight is 235 g/mol. The van der Waals surface area contributed by atoms with Crippen molar-refractivity contribution >= 4 is 0 Å². The van der Waals surface area contributed by atoms with Crippen molar-refractivity contribution in [2.75, 3.05) is 19.7 Å². The Labute approximate surface area is 103 Å². The molecule has 3 nitrogen and oxygen atoms in total. The minimum Gasteiger partial charge on any atom is -0.488 e. The fraction of sp³-hybridized carbons (Fsp3) is 0.571. The first-order valence-corrected chi connectivity index (χ1v) is 6.37. The standard InChI is InChI=1S/C14H21NO2/c1-11-4-5-14-12(8-11)9-13(17-14)10-15-6-2-3-7-16/h4-5,8,13,15-16H,2-3,6-7,9-10H2,1H3. The van der Waals surface area contributed by atoms with Crippen LogP contribution >= 0.6 is 0 Å². The Morgan fingerprint density at radius 3 is 3.12 bits per heavy atom. The van der Waals surface area contributed by atoms with Crippen molar-refractivity contribution in [3.8, 4) is 5.75 Å². The minimum absolute atomic E-state index is 0.265. The number of rotatable bonds is 6. The van der Waals surface area contributed by atoms with E-state index in [1.165, 1.54) is 11.1 Å². The summed E-state index contributed by atoms with van der Waals surface area (Å²) in [6.07, 6.45) is 3.16. The second kappa shape index (κ2) is 6.03. The zero-order valence-electron chi connectivity index (χ0n) is 10.4. The molecule has 3 heteroatoms. The Morgan fingerprint density at radius 1 is 1.41 bits per heavy atom. The summed E-state index contributed by atoms with van der Waals surface area (Å²) in [6, 6.07) is 6.37. The quantitative estimate of drug-likeness (QED) is 0.737. The molecular formula is C14H21NO2. The van der Waals surface area contributed by atoms with Gasteiger partial charge in [0.2, 0.25) is 0 Å². The largest absolute Gasteiger partial charge is 0.488 e. The van der Waals surface area contributed by atoms with Crippen molar-refractivity contribution < 1.29 is 9.84 Å². The van der Waals surface area contributed by atoms with Gasteiger partial charge in [0.25, 0.3) is 0 Å². The Balaban J connectivity index is 1.73. The van der Waals surface area contributed by atoms with Gasteiger partial charge >= 0.3 is 0 Å². The van der Waals surface area contributed by atoms with Crippen LogP contribution in [0.5, 0.6) is 5.75 Å². The number of ether oxygens (including phenoxy) is 1. The number of aliphatic hydroxyl groups is 1. The van der Waals surface area contributed by atoms with E-state index < -0.39 is 0 Å². The summed E-state index contributed by atoms with van der Waals surface area (Å²) < 4.78 is 5.86. The van der Waals surface area contributed by atoms with Gasteiger partial charge in [0.1, 0.15) is 11.9 Å². The average Bonchev–Trinajstić information content (AvgIpc) is 2.70. The lowest BCUT2D eigenvalue weighted by Gasteiger charge is -2.11. The van der Waals surface area contributed by atoms with Gasteiger partial charge in [0.15, 0.2) is 0 Å². The van der Waals surface area contributed by atoms with E-state index in [9.17, 15) is 0 Å². The van der Waals surface area contributed by atoms with Crippen molar-refractivity contribution in [3.63, 3.8) is 0 Å². The molecule has 0 saturated heterocycles. The molecule has 1 aromatic rings. The number of nitrogens with one attached hydrogen (secondary N) is 1. The van der Waals surface area contributed by atoms with E-state index in [2.05, 4.69) is 30.4 Å². The number of hydrogen-bond donors (Lipinski definition) is 2. The van der Waals surface area contributed by atoms with Crippen molar-refractivity contribution in [1.29, 1.82) is 0 Å². The summed E-state index contributed by atoms with van der Waals surface area (Å²) in [7, 11) is 0. The van der Waals surface area contributed by atoms with Crippen LogP contribution in [0, 0.1) is 6.92 Å². The van der Waals surface area contributed by atoms with Crippen molar-refractivity contribution in [3.05, 3.63) is 29.3 Å². The van der Waals surface area contributed by atoms with E-state index >= 15 is 0 Å². The SMILES string of the molecule is Cc1ccc2c(c1)CC(CNCCCCO)O2. The molecule has 0 amide bonds. The molecule has 1 aliphatic heterocycles. The highest BCUT2D eigenvalue weighted by atomic mass is 16.5. The smallest absolute Gasteiger partial charge is 0.123 e. The van der Waals surface area contributed by atoms with Crippen LogP contribution in [0.15, 0.2) is 18.2 Å². The van der Waals surface area contributed by atoms with Gasteiger partial charge < -0.3 is 15.2 Å². The highest BCUT2D eigenvalue weighted by Crippen LogP contribution is 2.29. The van der Waals surface area contributed by atoms with Crippen LogP contribution in [0.1, 0.15) is 24.0 Å². The molecule has 2 rings (SSSR count). The second-order valence-corrected chi connectivity index (χ2v) is 4.69. The number of aliphatic hydroxyl groups excluding tert-OH is 1. The van der Waals surface area contributed by atoms with Gasteiger partial charge in [-0.3, -0.25) is 0 Å². The third-order valence-corrected chi connectivity index (χ3v) is 3.09. The molecule has 0 spiro atoms. The molecule has 1 heterocycles. The molecule has 1 aliphatic rings. The second-order valence-electron chi connectivity index (χ2n) is 4.69. The summed E-state index contributed by atoms with van der Waals surface area (Å²) in [4.78, 5) is 0. The molecule has 1 unspecified atom stereocenters. The molecular weight excluding hydrogens is 214 g/mol. The molecule has 1 atom stereocenters. The Hall–Kier alpha value is -1.06. The Bertz CT molecular complexity index is 365. The van der Waals surface area contributed by atoms with Crippen LogP contribution in [0.4, 0.5) is 0 Å².